The zero-order valence-corrected chi connectivity index (χ0v) is 19.9. The number of esters is 1. The highest BCUT2D eigenvalue weighted by Gasteiger charge is 2.31. The molecule has 0 unspecified atom stereocenters. The van der Waals surface area contributed by atoms with Crippen molar-refractivity contribution in [2.45, 2.75) is 26.8 Å². The average Bonchev–Trinajstić information content (AvgIpc) is 3.10. The van der Waals surface area contributed by atoms with Gasteiger partial charge in [-0.25, -0.2) is 9.59 Å². The van der Waals surface area contributed by atoms with Crippen molar-refractivity contribution in [3.63, 3.8) is 0 Å². The molecule has 0 bridgehead atoms. The van der Waals surface area contributed by atoms with Gasteiger partial charge in [-0.2, -0.15) is 0 Å². The van der Waals surface area contributed by atoms with Crippen LogP contribution in [-0.4, -0.2) is 49.2 Å². The number of carbonyl (C=O) groups is 3. The molecule has 3 rings (SSSR count). The van der Waals surface area contributed by atoms with Crippen molar-refractivity contribution in [1.82, 2.24) is 4.90 Å². The van der Waals surface area contributed by atoms with Crippen LogP contribution < -0.4 is 10.1 Å². The largest absolute Gasteiger partial charge is 0.482 e. The molecule has 0 aliphatic carbocycles. The third-order valence-electron chi connectivity index (χ3n) is 4.57. The van der Waals surface area contributed by atoms with Gasteiger partial charge in [-0.05, 0) is 44.0 Å². The maximum absolute atomic E-state index is 12.6. The number of ether oxygens (including phenoxy) is 3. The number of fused-ring (bicyclic) bond motifs is 1. The lowest BCUT2D eigenvalue weighted by Gasteiger charge is -2.26. The molecule has 1 aromatic heterocycles. The van der Waals surface area contributed by atoms with Crippen molar-refractivity contribution in [2.75, 3.05) is 31.7 Å². The Kier molecular flexibility index (Phi) is 8.22. The Labute approximate surface area is 199 Å². The van der Waals surface area contributed by atoms with Gasteiger partial charge in [0.05, 0.1) is 30.3 Å². The van der Waals surface area contributed by atoms with E-state index in [1.807, 2.05) is 0 Å². The van der Waals surface area contributed by atoms with Gasteiger partial charge in [0.15, 0.2) is 6.61 Å². The molecule has 1 N–H and O–H groups in total. The minimum atomic E-state index is -0.522. The van der Waals surface area contributed by atoms with E-state index in [0.717, 1.165) is 10.4 Å². The Hall–Kier alpha value is -2.49. The standard InChI is InChI=1S/C21H22Cl2N2O6S/c1-3-29-20(27)18-13-7-8-25(21(28)30-4-2)10-16(13)32-19(18)24-17(26)11-31-15-6-5-12(22)9-14(15)23/h5-6,9H,3-4,7-8,10-11H2,1-2H3,(H,24,26). The molecule has 2 heterocycles. The summed E-state index contributed by atoms with van der Waals surface area (Å²) in [5, 5.41) is 3.82. The van der Waals surface area contributed by atoms with Gasteiger partial charge in [0.25, 0.3) is 5.91 Å². The summed E-state index contributed by atoms with van der Waals surface area (Å²) in [5.74, 6) is -0.679. The van der Waals surface area contributed by atoms with Crippen molar-refractivity contribution in [1.29, 1.82) is 0 Å². The molecule has 0 atom stereocenters. The summed E-state index contributed by atoms with van der Waals surface area (Å²) in [7, 11) is 0. The smallest absolute Gasteiger partial charge is 0.410 e. The number of nitrogens with one attached hydrogen (secondary N) is 1. The molecule has 11 heteroatoms. The highest BCUT2D eigenvalue weighted by molar-refractivity contribution is 7.17. The first-order chi connectivity index (χ1) is 15.3. The minimum absolute atomic E-state index is 0.198. The summed E-state index contributed by atoms with van der Waals surface area (Å²) in [6.45, 7) is 4.30. The number of anilines is 1. The predicted molar refractivity (Wildman–Crippen MR) is 122 cm³/mol. The number of hydrogen-bond acceptors (Lipinski definition) is 7. The summed E-state index contributed by atoms with van der Waals surface area (Å²) < 4.78 is 15.7. The van der Waals surface area contributed by atoms with Gasteiger partial charge >= 0.3 is 12.1 Å². The molecular weight excluding hydrogens is 479 g/mol. The molecule has 8 nitrogen and oxygen atoms in total. The van der Waals surface area contributed by atoms with Crippen LogP contribution in [0.25, 0.3) is 0 Å². The molecule has 1 aliphatic heterocycles. The fourth-order valence-electron chi connectivity index (χ4n) is 3.18. The van der Waals surface area contributed by atoms with Gasteiger partial charge in [-0.1, -0.05) is 23.2 Å². The Balaban J connectivity index is 1.77. The molecule has 1 aliphatic rings. The monoisotopic (exact) mass is 500 g/mol. The van der Waals surface area contributed by atoms with E-state index in [4.69, 9.17) is 37.4 Å². The number of amides is 2. The average molecular weight is 501 g/mol. The molecule has 0 spiro atoms. The first kappa shape index (κ1) is 24.2. The van der Waals surface area contributed by atoms with Gasteiger partial charge in [-0.3, -0.25) is 4.79 Å². The van der Waals surface area contributed by atoms with Crippen LogP contribution in [0.15, 0.2) is 18.2 Å². The third kappa shape index (κ3) is 5.65. The Morgan fingerprint density at radius 2 is 1.91 bits per heavy atom. The second-order valence-corrected chi connectivity index (χ2v) is 8.66. The molecule has 2 aromatic rings. The number of hydrogen-bond donors (Lipinski definition) is 1. The molecule has 2 amide bonds. The SMILES string of the molecule is CCOC(=O)c1c(NC(=O)COc2ccc(Cl)cc2Cl)sc2c1CCN(C(=O)OCC)C2. The van der Waals surface area contributed by atoms with Gasteiger partial charge in [0.1, 0.15) is 10.8 Å². The number of rotatable bonds is 7. The highest BCUT2D eigenvalue weighted by Crippen LogP contribution is 2.38. The highest BCUT2D eigenvalue weighted by atomic mass is 35.5. The van der Waals surface area contributed by atoms with Crippen molar-refractivity contribution in [3.8, 4) is 5.75 Å². The minimum Gasteiger partial charge on any atom is -0.482 e. The van der Waals surface area contributed by atoms with Crippen LogP contribution in [0.5, 0.6) is 5.75 Å². The summed E-state index contributed by atoms with van der Waals surface area (Å²) >= 11 is 13.2. The number of halogens is 2. The fourth-order valence-corrected chi connectivity index (χ4v) is 4.91. The zero-order chi connectivity index (χ0) is 23.3. The molecule has 1 aromatic carbocycles. The molecule has 0 saturated carbocycles. The number of carbonyl (C=O) groups excluding carboxylic acids is 3. The number of benzene rings is 1. The van der Waals surface area contributed by atoms with Gasteiger partial charge < -0.3 is 24.4 Å². The summed E-state index contributed by atoms with van der Waals surface area (Å²) in [4.78, 5) is 39.6. The lowest BCUT2D eigenvalue weighted by atomic mass is 10.0. The predicted octanol–water partition coefficient (Wildman–Crippen LogP) is 4.76. The normalized spacial score (nSPS) is 12.7. The molecule has 0 saturated heterocycles. The van der Waals surface area contributed by atoms with Crippen LogP contribution >= 0.6 is 34.5 Å². The van der Waals surface area contributed by atoms with Crippen LogP contribution in [0.3, 0.4) is 0 Å². The Morgan fingerprint density at radius 1 is 1.16 bits per heavy atom. The van der Waals surface area contributed by atoms with Crippen molar-refractivity contribution >= 4 is 57.5 Å². The van der Waals surface area contributed by atoms with Crippen molar-refractivity contribution in [2.24, 2.45) is 0 Å². The van der Waals surface area contributed by atoms with Crippen LogP contribution in [0.4, 0.5) is 9.80 Å². The molecule has 0 radical (unpaired) electrons. The number of nitrogens with zero attached hydrogens (tertiary/aromatic N) is 1. The topological polar surface area (TPSA) is 94.2 Å². The van der Waals surface area contributed by atoms with E-state index in [-0.39, 0.29) is 31.4 Å². The third-order valence-corrected chi connectivity index (χ3v) is 6.23. The van der Waals surface area contributed by atoms with E-state index in [1.54, 1.807) is 30.9 Å². The fraction of sp³-hybridized carbons (Fsp3) is 0.381. The maximum Gasteiger partial charge on any atom is 0.410 e. The van der Waals surface area contributed by atoms with Gasteiger partial charge in [-0.15, -0.1) is 11.3 Å². The molecule has 32 heavy (non-hydrogen) atoms. The lowest BCUT2D eigenvalue weighted by Crippen LogP contribution is -2.36. The van der Waals surface area contributed by atoms with E-state index in [0.29, 0.717) is 34.3 Å². The molecular formula is C21H22Cl2N2O6S. The van der Waals surface area contributed by atoms with Crippen LogP contribution in [0, 0.1) is 0 Å². The second kappa shape index (κ2) is 10.9. The maximum atomic E-state index is 12.6. The quantitative estimate of drug-likeness (QED) is 0.550. The Morgan fingerprint density at radius 3 is 2.59 bits per heavy atom. The molecule has 172 valence electrons. The zero-order valence-electron chi connectivity index (χ0n) is 17.5. The molecule has 0 fully saturated rings. The van der Waals surface area contributed by atoms with E-state index in [1.165, 1.54) is 17.4 Å². The first-order valence-electron chi connectivity index (χ1n) is 9.95. The van der Waals surface area contributed by atoms with Gasteiger partial charge in [0.2, 0.25) is 0 Å². The van der Waals surface area contributed by atoms with E-state index in [9.17, 15) is 14.4 Å². The second-order valence-electron chi connectivity index (χ2n) is 6.71. The number of thiophene rings is 1. The lowest BCUT2D eigenvalue weighted by molar-refractivity contribution is -0.118. The Bertz CT molecular complexity index is 1030. The van der Waals surface area contributed by atoms with Crippen LogP contribution in [-0.2, 0) is 27.2 Å². The summed E-state index contributed by atoms with van der Waals surface area (Å²) in [5.41, 5.74) is 1.08. The van der Waals surface area contributed by atoms with Crippen molar-refractivity contribution < 1.29 is 28.6 Å². The van der Waals surface area contributed by atoms with Crippen LogP contribution in [0.2, 0.25) is 10.0 Å². The van der Waals surface area contributed by atoms with E-state index < -0.39 is 18.0 Å². The van der Waals surface area contributed by atoms with Crippen LogP contribution in [0.1, 0.15) is 34.6 Å². The summed E-state index contributed by atoms with van der Waals surface area (Å²) in [6.07, 6.45) is 0.0361. The van der Waals surface area contributed by atoms with E-state index >= 15 is 0 Å². The van der Waals surface area contributed by atoms with E-state index in [2.05, 4.69) is 5.32 Å². The first-order valence-corrected chi connectivity index (χ1v) is 11.5. The summed E-state index contributed by atoms with van der Waals surface area (Å²) in [6, 6.07) is 4.68. The van der Waals surface area contributed by atoms with Crippen molar-refractivity contribution in [3.05, 3.63) is 44.2 Å². The van der Waals surface area contributed by atoms with Gasteiger partial charge in [0, 0.05) is 16.4 Å².